The van der Waals surface area contributed by atoms with Gasteiger partial charge in [-0.1, -0.05) is 0 Å². The topological polar surface area (TPSA) is 76.1 Å². The Morgan fingerprint density at radius 2 is 2.00 bits per heavy atom. The van der Waals surface area contributed by atoms with Gasteiger partial charge in [-0.25, -0.2) is 0 Å². The Hall–Kier alpha value is -3.13. The van der Waals surface area contributed by atoms with Gasteiger partial charge in [-0.05, 0) is 31.0 Å². The largest absolute Gasteiger partial charge is 0.497 e. The lowest BCUT2D eigenvalue weighted by atomic mass is 10.1. The normalized spacial score (nSPS) is 15.5. The molecule has 1 aliphatic heterocycles. The number of aromatic nitrogens is 5. The fraction of sp³-hybridized carbons (Fsp3) is 0.350. The van der Waals surface area contributed by atoms with Gasteiger partial charge < -0.3 is 14.0 Å². The van der Waals surface area contributed by atoms with Gasteiger partial charge in [0.15, 0.2) is 5.82 Å². The minimum Gasteiger partial charge on any atom is -0.497 e. The van der Waals surface area contributed by atoms with E-state index in [1.165, 1.54) is 4.68 Å². The molecule has 0 bridgehead atoms. The van der Waals surface area contributed by atoms with Crippen LogP contribution in [0.3, 0.4) is 0 Å². The first-order valence-corrected chi connectivity index (χ1v) is 9.35. The fourth-order valence-electron chi connectivity index (χ4n) is 3.99. The van der Waals surface area contributed by atoms with E-state index in [9.17, 15) is 4.79 Å². The lowest BCUT2D eigenvalue weighted by Gasteiger charge is -2.22. The highest BCUT2D eigenvalue weighted by Gasteiger charge is 2.19. The summed E-state index contributed by atoms with van der Waals surface area (Å²) in [7, 11) is 3.52. The van der Waals surface area contributed by atoms with Crippen LogP contribution in [-0.2, 0) is 11.8 Å². The fourth-order valence-corrected chi connectivity index (χ4v) is 3.99. The predicted octanol–water partition coefficient (Wildman–Crippen LogP) is 2.43. The van der Waals surface area contributed by atoms with E-state index in [0.717, 1.165) is 48.1 Å². The Morgan fingerprint density at radius 3 is 2.79 bits per heavy atom. The SMILES string of the molecule is COc1ccc2c(c1)c1cnn(-c3ccn(C4CCOCC4)n3)c(=O)c1n2C. The predicted molar refractivity (Wildman–Crippen MR) is 105 cm³/mol. The van der Waals surface area contributed by atoms with Gasteiger partial charge in [-0.15, -0.1) is 0 Å². The molecular formula is C20H21N5O3. The number of hydrogen-bond acceptors (Lipinski definition) is 5. The first-order valence-electron chi connectivity index (χ1n) is 9.35. The molecule has 0 aliphatic carbocycles. The van der Waals surface area contributed by atoms with Crippen molar-refractivity contribution in [1.29, 1.82) is 0 Å². The third kappa shape index (κ3) is 2.52. The lowest BCUT2D eigenvalue weighted by molar-refractivity contribution is 0.0662. The maximum atomic E-state index is 13.2. The van der Waals surface area contributed by atoms with E-state index in [1.807, 2.05) is 46.8 Å². The van der Waals surface area contributed by atoms with E-state index in [-0.39, 0.29) is 5.56 Å². The smallest absolute Gasteiger partial charge is 0.297 e. The van der Waals surface area contributed by atoms with Gasteiger partial charge in [0.05, 0.1) is 19.3 Å². The second-order valence-corrected chi connectivity index (χ2v) is 7.06. The number of nitrogens with zero attached hydrogens (tertiary/aromatic N) is 5. The molecule has 1 aromatic carbocycles. The van der Waals surface area contributed by atoms with Crippen molar-refractivity contribution >= 4 is 21.8 Å². The van der Waals surface area contributed by atoms with Crippen molar-refractivity contribution in [1.82, 2.24) is 24.1 Å². The summed E-state index contributed by atoms with van der Waals surface area (Å²) in [6.45, 7) is 1.48. The number of fused-ring (bicyclic) bond motifs is 3. The molecule has 5 rings (SSSR count). The highest BCUT2D eigenvalue weighted by molar-refractivity contribution is 6.07. The molecule has 144 valence electrons. The molecule has 0 radical (unpaired) electrons. The molecular weight excluding hydrogens is 358 g/mol. The van der Waals surface area contributed by atoms with Crippen LogP contribution in [0.5, 0.6) is 5.75 Å². The Balaban J connectivity index is 1.64. The summed E-state index contributed by atoms with van der Waals surface area (Å²) in [5, 5.41) is 10.8. The highest BCUT2D eigenvalue weighted by atomic mass is 16.5. The van der Waals surface area contributed by atoms with Crippen molar-refractivity contribution in [2.45, 2.75) is 18.9 Å². The molecule has 4 heterocycles. The van der Waals surface area contributed by atoms with Crippen LogP contribution in [0.2, 0.25) is 0 Å². The first-order chi connectivity index (χ1) is 13.7. The molecule has 0 N–H and O–H groups in total. The third-order valence-corrected chi connectivity index (χ3v) is 5.52. The number of aryl methyl sites for hydroxylation is 1. The van der Waals surface area contributed by atoms with E-state index in [1.54, 1.807) is 13.3 Å². The van der Waals surface area contributed by atoms with Crippen LogP contribution in [0.15, 0.2) is 41.5 Å². The summed E-state index contributed by atoms with van der Waals surface area (Å²) in [4.78, 5) is 13.2. The van der Waals surface area contributed by atoms with Crippen LogP contribution < -0.4 is 10.3 Å². The lowest BCUT2D eigenvalue weighted by Crippen LogP contribution is -2.24. The quantitative estimate of drug-likeness (QED) is 0.546. The van der Waals surface area contributed by atoms with E-state index in [0.29, 0.717) is 17.4 Å². The molecule has 0 unspecified atom stereocenters. The molecule has 28 heavy (non-hydrogen) atoms. The molecule has 4 aromatic rings. The molecule has 8 nitrogen and oxygen atoms in total. The van der Waals surface area contributed by atoms with Crippen molar-refractivity contribution in [2.75, 3.05) is 20.3 Å². The van der Waals surface area contributed by atoms with Crippen LogP contribution in [-0.4, -0.2) is 44.5 Å². The van der Waals surface area contributed by atoms with E-state index < -0.39 is 0 Å². The van der Waals surface area contributed by atoms with Crippen LogP contribution >= 0.6 is 0 Å². The molecule has 0 saturated carbocycles. The summed E-state index contributed by atoms with van der Waals surface area (Å²) in [5.74, 6) is 1.28. The molecule has 1 saturated heterocycles. The van der Waals surface area contributed by atoms with Crippen LogP contribution in [0.25, 0.3) is 27.6 Å². The summed E-state index contributed by atoms with van der Waals surface area (Å²) >= 11 is 0. The van der Waals surface area contributed by atoms with Crippen molar-refractivity contribution in [3.63, 3.8) is 0 Å². The number of rotatable bonds is 3. The van der Waals surface area contributed by atoms with Crippen molar-refractivity contribution in [3.05, 3.63) is 47.0 Å². The highest BCUT2D eigenvalue weighted by Crippen LogP contribution is 2.29. The zero-order valence-corrected chi connectivity index (χ0v) is 15.8. The summed E-state index contributed by atoms with van der Waals surface area (Å²) < 4.78 is 15.9. The molecule has 8 heteroatoms. The number of hydrogen-bond donors (Lipinski definition) is 0. The van der Waals surface area contributed by atoms with Gasteiger partial charge in [0.2, 0.25) is 0 Å². The van der Waals surface area contributed by atoms with Gasteiger partial charge in [0, 0.05) is 48.8 Å². The number of methoxy groups -OCH3 is 1. The first kappa shape index (κ1) is 17.0. The van der Waals surface area contributed by atoms with Gasteiger partial charge in [-0.3, -0.25) is 9.48 Å². The van der Waals surface area contributed by atoms with Crippen molar-refractivity contribution in [2.24, 2.45) is 7.05 Å². The maximum Gasteiger partial charge on any atom is 0.297 e. The minimum atomic E-state index is -0.188. The zero-order valence-electron chi connectivity index (χ0n) is 15.8. The van der Waals surface area contributed by atoms with E-state index in [4.69, 9.17) is 9.47 Å². The Kier molecular flexibility index (Phi) is 3.94. The van der Waals surface area contributed by atoms with Gasteiger partial charge >= 0.3 is 0 Å². The summed E-state index contributed by atoms with van der Waals surface area (Å²) in [5.41, 5.74) is 1.37. The zero-order chi connectivity index (χ0) is 19.3. The average molecular weight is 379 g/mol. The van der Waals surface area contributed by atoms with Crippen LogP contribution in [0.4, 0.5) is 0 Å². The average Bonchev–Trinajstić information content (AvgIpc) is 3.33. The molecule has 0 amide bonds. The molecule has 1 aliphatic rings. The third-order valence-electron chi connectivity index (χ3n) is 5.52. The summed E-state index contributed by atoms with van der Waals surface area (Å²) in [6.07, 6.45) is 5.49. The Bertz CT molecular complexity index is 1230. The summed E-state index contributed by atoms with van der Waals surface area (Å²) in [6, 6.07) is 7.91. The van der Waals surface area contributed by atoms with Crippen molar-refractivity contribution < 1.29 is 9.47 Å². The van der Waals surface area contributed by atoms with Gasteiger partial charge in [-0.2, -0.15) is 14.9 Å². The van der Waals surface area contributed by atoms with Gasteiger partial charge in [0.25, 0.3) is 5.56 Å². The Labute approximate surface area is 160 Å². The Morgan fingerprint density at radius 1 is 1.18 bits per heavy atom. The second kappa shape index (κ2) is 6.49. The van der Waals surface area contributed by atoms with Crippen LogP contribution in [0.1, 0.15) is 18.9 Å². The van der Waals surface area contributed by atoms with Gasteiger partial charge in [0.1, 0.15) is 11.3 Å². The minimum absolute atomic E-state index is 0.188. The number of benzene rings is 1. The van der Waals surface area contributed by atoms with E-state index in [2.05, 4.69) is 10.2 Å². The molecule has 0 spiro atoms. The second-order valence-electron chi connectivity index (χ2n) is 7.06. The molecule has 0 atom stereocenters. The molecule has 3 aromatic heterocycles. The number of ether oxygens (including phenoxy) is 2. The van der Waals surface area contributed by atoms with Crippen LogP contribution in [0, 0.1) is 0 Å². The standard InChI is InChI=1S/C20H21N5O3/c1-23-17-4-3-14(27-2)11-15(17)16-12-21-25(20(26)19(16)23)18-5-8-24(22-18)13-6-9-28-10-7-13/h3-5,8,11-13H,6-7,9-10H2,1-2H3. The molecule has 1 fully saturated rings. The monoisotopic (exact) mass is 379 g/mol. The van der Waals surface area contributed by atoms with Crippen molar-refractivity contribution in [3.8, 4) is 11.6 Å². The maximum absolute atomic E-state index is 13.2. The van der Waals surface area contributed by atoms with E-state index >= 15 is 0 Å².